The van der Waals surface area contributed by atoms with Crippen LogP contribution in [0.5, 0.6) is 0 Å². The molecule has 1 atom stereocenters. The van der Waals surface area contributed by atoms with Crippen molar-refractivity contribution in [1.29, 1.82) is 0 Å². The van der Waals surface area contributed by atoms with Crippen molar-refractivity contribution < 1.29 is 4.39 Å². The Bertz CT molecular complexity index is 325. The molecule has 0 aromatic heterocycles. The van der Waals surface area contributed by atoms with Gasteiger partial charge in [0.05, 0.1) is 0 Å². The summed E-state index contributed by atoms with van der Waals surface area (Å²) in [5.74, 6) is 0.324. The monoisotopic (exact) mass is 251 g/mol. The minimum atomic E-state index is -0.0954. The van der Waals surface area contributed by atoms with Crippen molar-refractivity contribution in [2.75, 3.05) is 6.54 Å². The Morgan fingerprint density at radius 2 is 1.83 bits per heavy atom. The molecule has 1 aromatic carbocycles. The molecule has 1 rings (SSSR count). The molecule has 2 N–H and O–H groups in total. The van der Waals surface area contributed by atoms with E-state index in [0.29, 0.717) is 12.5 Å². The third kappa shape index (κ3) is 5.63. The lowest BCUT2D eigenvalue weighted by Gasteiger charge is -2.15. The van der Waals surface area contributed by atoms with Crippen LogP contribution in [-0.2, 0) is 6.42 Å². The molecule has 1 nitrogen and oxygen atoms in total. The molecular formula is C16H26FN. The highest BCUT2D eigenvalue weighted by Crippen LogP contribution is 2.17. The fraction of sp³-hybridized carbons (Fsp3) is 0.625. The van der Waals surface area contributed by atoms with E-state index in [1.165, 1.54) is 38.2 Å². The van der Waals surface area contributed by atoms with E-state index >= 15 is 0 Å². The normalized spacial score (nSPS) is 12.6. The zero-order valence-corrected chi connectivity index (χ0v) is 11.5. The number of nitrogens with two attached hydrogens (primary N) is 1. The average molecular weight is 251 g/mol. The molecule has 2 heteroatoms. The van der Waals surface area contributed by atoms with E-state index in [2.05, 4.69) is 6.92 Å². The van der Waals surface area contributed by atoms with Gasteiger partial charge in [-0.05, 0) is 36.9 Å². The van der Waals surface area contributed by atoms with Crippen LogP contribution >= 0.6 is 0 Å². The molecule has 102 valence electrons. The van der Waals surface area contributed by atoms with Crippen LogP contribution in [0.25, 0.3) is 0 Å². The predicted octanol–water partition coefficient (Wildman–Crippen LogP) is 4.30. The third-order valence-corrected chi connectivity index (χ3v) is 3.52. The molecule has 0 heterocycles. The van der Waals surface area contributed by atoms with Crippen LogP contribution in [0.4, 0.5) is 4.39 Å². The van der Waals surface area contributed by atoms with Crippen molar-refractivity contribution in [3.05, 3.63) is 35.6 Å². The summed E-state index contributed by atoms with van der Waals surface area (Å²) in [5.41, 5.74) is 6.60. The summed E-state index contributed by atoms with van der Waals surface area (Å²) in [6.45, 7) is 2.88. The molecule has 0 amide bonds. The van der Waals surface area contributed by atoms with Gasteiger partial charge in [-0.2, -0.15) is 0 Å². The largest absolute Gasteiger partial charge is 0.330 e. The molecule has 0 fully saturated rings. The van der Waals surface area contributed by atoms with E-state index in [9.17, 15) is 4.39 Å². The molecule has 0 aliphatic heterocycles. The minimum absolute atomic E-state index is 0.0954. The van der Waals surface area contributed by atoms with E-state index in [1.807, 2.05) is 12.1 Å². The first-order valence-electron chi connectivity index (χ1n) is 7.21. The van der Waals surface area contributed by atoms with Gasteiger partial charge in [-0.25, -0.2) is 4.39 Å². The van der Waals surface area contributed by atoms with Crippen molar-refractivity contribution in [2.45, 2.75) is 51.9 Å². The highest BCUT2D eigenvalue weighted by molar-refractivity contribution is 5.17. The molecule has 1 unspecified atom stereocenters. The van der Waals surface area contributed by atoms with Crippen molar-refractivity contribution in [3.8, 4) is 0 Å². The molecule has 0 aliphatic rings. The molecular weight excluding hydrogens is 225 g/mol. The first kappa shape index (κ1) is 15.2. The quantitative estimate of drug-likeness (QED) is 0.650. The highest BCUT2D eigenvalue weighted by Gasteiger charge is 2.10. The number of unbranched alkanes of at least 4 members (excludes halogenated alkanes) is 4. The third-order valence-electron chi connectivity index (χ3n) is 3.52. The molecule has 0 radical (unpaired) electrons. The zero-order valence-electron chi connectivity index (χ0n) is 11.5. The maximum Gasteiger partial charge on any atom is 0.126 e. The number of benzene rings is 1. The van der Waals surface area contributed by atoms with Gasteiger partial charge in [-0.3, -0.25) is 0 Å². The van der Waals surface area contributed by atoms with Crippen molar-refractivity contribution in [3.63, 3.8) is 0 Å². The summed E-state index contributed by atoms with van der Waals surface area (Å²) in [4.78, 5) is 0. The lowest BCUT2D eigenvalue weighted by Crippen LogP contribution is -2.17. The minimum Gasteiger partial charge on any atom is -0.330 e. The zero-order chi connectivity index (χ0) is 13.2. The fourth-order valence-electron chi connectivity index (χ4n) is 2.31. The molecule has 0 saturated carbocycles. The van der Waals surface area contributed by atoms with Crippen LogP contribution in [0.3, 0.4) is 0 Å². The van der Waals surface area contributed by atoms with E-state index in [1.54, 1.807) is 6.07 Å². The molecule has 18 heavy (non-hydrogen) atoms. The second-order valence-electron chi connectivity index (χ2n) is 5.10. The lowest BCUT2D eigenvalue weighted by molar-refractivity contribution is 0.449. The van der Waals surface area contributed by atoms with Gasteiger partial charge < -0.3 is 5.73 Å². The Labute approximate surface area is 111 Å². The van der Waals surface area contributed by atoms with Crippen LogP contribution in [0.15, 0.2) is 24.3 Å². The van der Waals surface area contributed by atoms with Gasteiger partial charge in [0.1, 0.15) is 5.82 Å². The standard InChI is InChI=1S/C16H26FN/c1-2-3-4-5-6-9-14(13-18)12-15-10-7-8-11-16(15)17/h7-8,10-11,14H,2-6,9,12-13,18H2,1H3. The predicted molar refractivity (Wildman–Crippen MR) is 76.0 cm³/mol. The smallest absolute Gasteiger partial charge is 0.126 e. The first-order chi connectivity index (χ1) is 8.77. The van der Waals surface area contributed by atoms with Gasteiger partial charge in [0.25, 0.3) is 0 Å². The van der Waals surface area contributed by atoms with Gasteiger partial charge in [0.2, 0.25) is 0 Å². The molecule has 0 aliphatic carbocycles. The highest BCUT2D eigenvalue weighted by atomic mass is 19.1. The van der Waals surface area contributed by atoms with E-state index in [-0.39, 0.29) is 5.82 Å². The number of rotatable bonds is 9. The summed E-state index contributed by atoms with van der Waals surface area (Å²) >= 11 is 0. The van der Waals surface area contributed by atoms with Crippen molar-refractivity contribution in [1.82, 2.24) is 0 Å². The maximum atomic E-state index is 13.5. The lowest BCUT2D eigenvalue weighted by atomic mass is 9.93. The Morgan fingerprint density at radius 1 is 1.11 bits per heavy atom. The maximum absolute atomic E-state index is 13.5. The van der Waals surface area contributed by atoms with Gasteiger partial charge in [0, 0.05) is 0 Å². The van der Waals surface area contributed by atoms with Crippen LogP contribution in [0, 0.1) is 11.7 Å². The van der Waals surface area contributed by atoms with Gasteiger partial charge in [-0.1, -0.05) is 57.2 Å². The van der Waals surface area contributed by atoms with Crippen LogP contribution < -0.4 is 5.73 Å². The number of hydrogen-bond acceptors (Lipinski definition) is 1. The van der Waals surface area contributed by atoms with Crippen molar-refractivity contribution >= 4 is 0 Å². The first-order valence-corrected chi connectivity index (χ1v) is 7.21. The second kappa shape index (κ2) is 9.09. The molecule has 0 spiro atoms. The Balaban J connectivity index is 2.31. The molecule has 0 bridgehead atoms. The summed E-state index contributed by atoms with van der Waals surface area (Å²) < 4.78 is 13.5. The fourth-order valence-corrected chi connectivity index (χ4v) is 2.31. The molecule has 1 aromatic rings. The van der Waals surface area contributed by atoms with Gasteiger partial charge in [-0.15, -0.1) is 0 Å². The Hall–Kier alpha value is -0.890. The Morgan fingerprint density at radius 3 is 2.50 bits per heavy atom. The second-order valence-corrected chi connectivity index (χ2v) is 5.10. The topological polar surface area (TPSA) is 26.0 Å². The van der Waals surface area contributed by atoms with Gasteiger partial charge in [0.15, 0.2) is 0 Å². The van der Waals surface area contributed by atoms with Crippen LogP contribution in [0.1, 0.15) is 51.0 Å². The number of halogens is 1. The van der Waals surface area contributed by atoms with E-state index in [0.717, 1.165) is 18.4 Å². The summed E-state index contributed by atoms with van der Waals surface area (Å²) in [7, 11) is 0. The Kier molecular flexibility index (Phi) is 7.66. The van der Waals surface area contributed by atoms with Crippen LogP contribution in [0.2, 0.25) is 0 Å². The number of hydrogen-bond donors (Lipinski definition) is 1. The summed E-state index contributed by atoms with van der Waals surface area (Å²) in [5, 5.41) is 0. The SMILES string of the molecule is CCCCCCCC(CN)Cc1ccccc1F. The van der Waals surface area contributed by atoms with Crippen LogP contribution in [-0.4, -0.2) is 6.54 Å². The van der Waals surface area contributed by atoms with Gasteiger partial charge >= 0.3 is 0 Å². The summed E-state index contributed by atoms with van der Waals surface area (Å²) in [6, 6.07) is 7.04. The average Bonchev–Trinajstić information content (AvgIpc) is 2.39. The van der Waals surface area contributed by atoms with Crippen molar-refractivity contribution in [2.24, 2.45) is 11.7 Å². The summed E-state index contributed by atoms with van der Waals surface area (Å²) in [6.07, 6.45) is 8.30. The van der Waals surface area contributed by atoms with E-state index in [4.69, 9.17) is 5.73 Å². The molecule has 0 saturated heterocycles. The van der Waals surface area contributed by atoms with E-state index < -0.39 is 0 Å².